The molecule has 280 valence electrons. The summed E-state index contributed by atoms with van der Waals surface area (Å²) < 4.78 is 16.0. The molecule has 2 rings (SSSR count). The Hall–Kier alpha value is -2.97. The maximum atomic E-state index is 13.4. The van der Waals surface area contributed by atoms with Crippen LogP contribution in [0.5, 0.6) is 0 Å². The van der Waals surface area contributed by atoms with E-state index in [9.17, 15) is 19.2 Å². The van der Waals surface area contributed by atoms with Crippen molar-refractivity contribution in [3.8, 4) is 0 Å². The van der Waals surface area contributed by atoms with E-state index in [1.165, 1.54) is 65.6 Å². The summed E-state index contributed by atoms with van der Waals surface area (Å²) in [5.41, 5.74) is 8.48. The highest BCUT2D eigenvalue weighted by molar-refractivity contribution is 5.78. The van der Waals surface area contributed by atoms with Crippen LogP contribution in [-0.2, 0) is 33.4 Å². The number of nitrogens with one attached hydrogen (secondary N) is 1. The van der Waals surface area contributed by atoms with Gasteiger partial charge < -0.3 is 19.5 Å². The van der Waals surface area contributed by atoms with Crippen LogP contribution in [0.2, 0.25) is 0 Å². The fraction of sp³-hybridized carbons (Fsp3) is 0.882. The van der Waals surface area contributed by atoms with Crippen LogP contribution in [0.3, 0.4) is 0 Å². The van der Waals surface area contributed by atoms with E-state index in [0.717, 1.165) is 25.7 Å². The van der Waals surface area contributed by atoms with Gasteiger partial charge in [0.25, 0.3) is 0 Å². The normalized spacial score (nSPS) is 19.7. The fourth-order valence-electron chi connectivity index (χ4n) is 6.21. The highest BCUT2D eigenvalue weighted by Crippen LogP contribution is 2.19. The van der Waals surface area contributed by atoms with Crippen molar-refractivity contribution in [1.82, 2.24) is 24.9 Å². The molecule has 2 fully saturated rings. The largest absolute Gasteiger partial charge is 0.468 e. The van der Waals surface area contributed by atoms with Crippen molar-refractivity contribution in [2.24, 2.45) is 5.11 Å². The molecule has 0 aromatic rings. The Bertz CT molecular complexity index is 999. The summed E-state index contributed by atoms with van der Waals surface area (Å²) in [5.74, 6) is -1.11. The Morgan fingerprint density at radius 1 is 0.633 bits per heavy atom. The summed E-state index contributed by atoms with van der Waals surface area (Å²) >= 11 is 0. The Balaban J connectivity index is 2.13. The maximum absolute atomic E-state index is 13.4. The molecule has 2 aliphatic rings. The smallest absolute Gasteiger partial charge is 0.320 e. The maximum Gasteiger partial charge on any atom is 0.320 e. The number of carbonyl (C=O) groups excluding carboxylic acids is 4. The van der Waals surface area contributed by atoms with Gasteiger partial charge in [0, 0.05) is 70.4 Å². The van der Waals surface area contributed by atoms with Gasteiger partial charge in [-0.15, -0.1) is 0 Å². The van der Waals surface area contributed by atoms with Crippen molar-refractivity contribution in [1.29, 1.82) is 0 Å². The average molecular weight is 695 g/mol. The van der Waals surface area contributed by atoms with Crippen LogP contribution in [0, 0.1) is 0 Å². The quantitative estimate of drug-likeness (QED) is 0.0751. The molecule has 0 spiro atoms. The third-order valence-corrected chi connectivity index (χ3v) is 9.23. The van der Waals surface area contributed by atoms with Gasteiger partial charge in [-0.2, -0.15) is 0 Å². The lowest BCUT2D eigenvalue weighted by atomic mass is 10.0. The molecule has 0 radical (unpaired) electrons. The zero-order chi connectivity index (χ0) is 35.5. The first-order valence-electron chi connectivity index (χ1n) is 18.3. The molecule has 1 heterocycles. The van der Waals surface area contributed by atoms with Crippen LogP contribution < -0.4 is 5.32 Å². The molecular formula is C34H62N8O7. The molecule has 0 unspecified atom stereocenters. The number of carbonyl (C=O) groups is 4. The van der Waals surface area contributed by atoms with Gasteiger partial charge in [-0.3, -0.25) is 38.8 Å². The number of azide groups is 1. The number of hydrogen-bond donors (Lipinski definition) is 1. The SMILES string of the molecule is COC(=O)CN1CCN(CC(=O)NCCCN=[N+]=[N-])CCN(CC(=O)OC2CCCCCCCCCCCC2)CCN(CC(=O)OC)CC1. The van der Waals surface area contributed by atoms with Crippen molar-refractivity contribution in [3.63, 3.8) is 0 Å². The van der Waals surface area contributed by atoms with Gasteiger partial charge in [0.1, 0.15) is 6.10 Å². The molecule has 1 aliphatic carbocycles. The second-order valence-corrected chi connectivity index (χ2v) is 13.1. The minimum Gasteiger partial charge on any atom is -0.468 e. The highest BCUT2D eigenvalue weighted by Gasteiger charge is 2.23. The molecule has 1 amide bonds. The minimum absolute atomic E-state index is 0.0728. The molecule has 1 aliphatic heterocycles. The third-order valence-electron chi connectivity index (χ3n) is 9.23. The van der Waals surface area contributed by atoms with Gasteiger partial charge >= 0.3 is 17.9 Å². The number of rotatable bonds is 13. The standard InChI is InChI=1S/C34H62N8O7/c1-47-32(44)27-40-20-18-39(26-31(43)36-16-13-17-37-38-35)19-21-42(25-24-41(23-22-40)28-33(45)48-2)29-34(46)49-30-14-11-9-7-5-3-4-6-8-10-12-15-30/h30H,3-29H2,1-2H3,(H,36,43). The average Bonchev–Trinajstić information content (AvgIpc) is 3.11. The molecular weight excluding hydrogens is 632 g/mol. The highest BCUT2D eigenvalue weighted by atomic mass is 16.5. The molecule has 1 N–H and O–H groups in total. The second kappa shape index (κ2) is 26.8. The molecule has 15 heteroatoms. The lowest BCUT2D eigenvalue weighted by molar-refractivity contribution is -0.151. The van der Waals surface area contributed by atoms with Crippen LogP contribution in [0.4, 0.5) is 0 Å². The Morgan fingerprint density at radius 3 is 1.43 bits per heavy atom. The van der Waals surface area contributed by atoms with Gasteiger partial charge in [-0.1, -0.05) is 56.5 Å². The predicted octanol–water partition coefficient (Wildman–Crippen LogP) is 2.98. The number of esters is 3. The van der Waals surface area contributed by atoms with Crippen molar-refractivity contribution >= 4 is 23.8 Å². The van der Waals surface area contributed by atoms with E-state index in [4.69, 9.17) is 19.7 Å². The van der Waals surface area contributed by atoms with Gasteiger partial charge in [0.15, 0.2) is 0 Å². The van der Waals surface area contributed by atoms with Crippen molar-refractivity contribution in [2.45, 2.75) is 89.6 Å². The summed E-state index contributed by atoms with van der Waals surface area (Å²) in [7, 11) is 2.71. The molecule has 0 bridgehead atoms. The molecule has 1 saturated carbocycles. The van der Waals surface area contributed by atoms with Gasteiger partial charge in [0.05, 0.1) is 40.4 Å². The second-order valence-electron chi connectivity index (χ2n) is 13.1. The van der Waals surface area contributed by atoms with Gasteiger partial charge in [-0.05, 0) is 37.6 Å². The van der Waals surface area contributed by atoms with E-state index in [1.54, 1.807) is 0 Å². The fourth-order valence-corrected chi connectivity index (χ4v) is 6.21. The molecule has 15 nitrogen and oxygen atoms in total. The number of methoxy groups -OCH3 is 2. The summed E-state index contributed by atoms with van der Waals surface area (Å²) in [6.07, 6.45) is 14.4. The van der Waals surface area contributed by atoms with E-state index in [1.807, 2.05) is 19.6 Å². The lowest BCUT2D eigenvalue weighted by Gasteiger charge is -2.33. The first-order chi connectivity index (χ1) is 23.8. The van der Waals surface area contributed by atoms with E-state index < -0.39 is 0 Å². The summed E-state index contributed by atoms with van der Waals surface area (Å²) in [6.45, 7) is 5.16. The summed E-state index contributed by atoms with van der Waals surface area (Å²) in [4.78, 5) is 61.5. The van der Waals surface area contributed by atoms with E-state index in [0.29, 0.717) is 71.9 Å². The molecule has 0 atom stereocenters. The number of ether oxygens (including phenoxy) is 3. The van der Waals surface area contributed by atoms with Crippen LogP contribution in [0.25, 0.3) is 10.4 Å². The van der Waals surface area contributed by atoms with Crippen LogP contribution >= 0.6 is 0 Å². The van der Waals surface area contributed by atoms with Crippen LogP contribution in [0.15, 0.2) is 5.11 Å². The predicted molar refractivity (Wildman–Crippen MR) is 187 cm³/mol. The molecule has 1 saturated heterocycles. The monoisotopic (exact) mass is 694 g/mol. The first-order valence-corrected chi connectivity index (χ1v) is 18.3. The first kappa shape index (κ1) is 42.2. The zero-order valence-electron chi connectivity index (χ0n) is 30.2. The van der Waals surface area contributed by atoms with Gasteiger partial charge in [0.2, 0.25) is 5.91 Å². The molecule has 0 aromatic heterocycles. The van der Waals surface area contributed by atoms with Crippen molar-refractivity contribution in [3.05, 3.63) is 10.4 Å². The summed E-state index contributed by atoms with van der Waals surface area (Å²) in [5, 5.41) is 6.39. The van der Waals surface area contributed by atoms with E-state index >= 15 is 0 Å². The topological polar surface area (TPSA) is 170 Å². The zero-order valence-corrected chi connectivity index (χ0v) is 30.2. The lowest BCUT2D eigenvalue weighted by Crippen LogP contribution is -2.50. The summed E-state index contributed by atoms with van der Waals surface area (Å²) in [6, 6.07) is 0. The molecule has 0 aromatic carbocycles. The minimum atomic E-state index is -0.363. The number of hydrogen-bond acceptors (Lipinski definition) is 12. The molecule has 49 heavy (non-hydrogen) atoms. The van der Waals surface area contributed by atoms with Crippen molar-refractivity contribution in [2.75, 3.05) is 106 Å². The van der Waals surface area contributed by atoms with Crippen LogP contribution in [-0.4, -0.2) is 155 Å². The van der Waals surface area contributed by atoms with Crippen LogP contribution in [0.1, 0.15) is 83.5 Å². The van der Waals surface area contributed by atoms with E-state index in [2.05, 4.69) is 15.3 Å². The Kier molecular flexibility index (Phi) is 23.1. The van der Waals surface area contributed by atoms with E-state index in [-0.39, 0.29) is 56.1 Å². The number of amides is 1. The third kappa shape index (κ3) is 21.0. The number of nitrogens with zero attached hydrogens (tertiary/aromatic N) is 7. The Labute approximate surface area is 292 Å². The van der Waals surface area contributed by atoms with Gasteiger partial charge in [-0.25, -0.2) is 0 Å². The van der Waals surface area contributed by atoms with Crippen molar-refractivity contribution < 1.29 is 33.4 Å². The Morgan fingerprint density at radius 2 is 1.02 bits per heavy atom.